The third-order valence-corrected chi connectivity index (χ3v) is 8.54. The highest BCUT2D eigenvalue weighted by Crippen LogP contribution is 2.22. The van der Waals surface area contributed by atoms with Crippen LogP contribution in [0.4, 0.5) is 14.6 Å². The number of halogens is 2. The molecule has 0 aliphatic carbocycles. The average molecular weight is 503 g/mol. The molecule has 0 atom stereocenters. The Morgan fingerprint density at radius 1 is 1.00 bits per heavy atom. The van der Waals surface area contributed by atoms with Gasteiger partial charge >= 0.3 is 5.76 Å². The Morgan fingerprint density at radius 2 is 1.67 bits per heavy atom. The zero-order valence-electron chi connectivity index (χ0n) is 17.6. The van der Waals surface area contributed by atoms with Crippen LogP contribution in [0.1, 0.15) is 16.8 Å². The van der Waals surface area contributed by atoms with Crippen molar-refractivity contribution in [1.82, 2.24) is 14.6 Å². The van der Waals surface area contributed by atoms with Crippen LogP contribution in [0.5, 0.6) is 0 Å². The molecule has 1 N–H and O–H groups in total. The Morgan fingerprint density at radius 3 is 2.30 bits per heavy atom. The molecule has 1 aliphatic heterocycles. The summed E-state index contributed by atoms with van der Waals surface area (Å²) in [5.74, 6) is -3.95. The molecule has 180 valence electrons. The SMILES string of the molecule is O=C(NCCCS(=O)(=O)N1CCN(c2ccccn2)CC1)c1ccccc1S(=O)(=O)C(F)F. The molecule has 3 rings (SSSR count). The van der Waals surface area contributed by atoms with Gasteiger partial charge < -0.3 is 10.2 Å². The number of benzene rings is 1. The van der Waals surface area contributed by atoms with E-state index in [1.807, 2.05) is 17.0 Å². The maximum atomic E-state index is 12.9. The van der Waals surface area contributed by atoms with E-state index in [0.29, 0.717) is 26.2 Å². The molecule has 1 saturated heterocycles. The first-order valence-electron chi connectivity index (χ1n) is 10.2. The van der Waals surface area contributed by atoms with E-state index in [0.717, 1.165) is 18.0 Å². The number of aromatic nitrogens is 1. The van der Waals surface area contributed by atoms with Gasteiger partial charge in [-0.3, -0.25) is 4.79 Å². The van der Waals surface area contributed by atoms with Crippen LogP contribution in [0.3, 0.4) is 0 Å². The third kappa shape index (κ3) is 6.03. The molecule has 0 bridgehead atoms. The molecular weight excluding hydrogens is 478 g/mol. The minimum Gasteiger partial charge on any atom is -0.354 e. The van der Waals surface area contributed by atoms with Crippen molar-refractivity contribution in [1.29, 1.82) is 0 Å². The fourth-order valence-electron chi connectivity index (χ4n) is 3.42. The van der Waals surface area contributed by atoms with Gasteiger partial charge in [-0.2, -0.15) is 13.1 Å². The fourth-order valence-corrected chi connectivity index (χ4v) is 5.83. The Bertz CT molecular complexity index is 1170. The zero-order chi connectivity index (χ0) is 24.1. The third-order valence-electron chi connectivity index (χ3n) is 5.14. The number of amides is 1. The highest BCUT2D eigenvalue weighted by Gasteiger charge is 2.31. The van der Waals surface area contributed by atoms with Gasteiger partial charge in [-0.05, 0) is 30.7 Å². The van der Waals surface area contributed by atoms with Crippen molar-refractivity contribution < 1.29 is 30.4 Å². The summed E-state index contributed by atoms with van der Waals surface area (Å²) in [7, 11) is -8.50. The number of carbonyl (C=O) groups is 1. The topological polar surface area (TPSA) is 117 Å². The summed E-state index contributed by atoms with van der Waals surface area (Å²) >= 11 is 0. The van der Waals surface area contributed by atoms with Crippen LogP contribution in [0.15, 0.2) is 53.6 Å². The molecule has 1 aliphatic rings. The number of rotatable bonds is 9. The summed E-state index contributed by atoms with van der Waals surface area (Å²) in [5, 5.41) is 2.41. The summed E-state index contributed by atoms with van der Waals surface area (Å²) < 4.78 is 76.0. The number of sulfone groups is 1. The summed E-state index contributed by atoms with van der Waals surface area (Å²) in [6, 6.07) is 10.2. The Hall–Kier alpha value is -2.64. The van der Waals surface area contributed by atoms with Crippen molar-refractivity contribution in [2.75, 3.05) is 43.4 Å². The number of carbonyl (C=O) groups excluding carboxylic acids is 1. The molecule has 2 heterocycles. The van der Waals surface area contributed by atoms with E-state index in [4.69, 9.17) is 0 Å². The summed E-state index contributed by atoms with van der Waals surface area (Å²) in [5.41, 5.74) is -0.411. The number of anilines is 1. The second-order valence-corrected chi connectivity index (χ2v) is 11.3. The predicted octanol–water partition coefficient (Wildman–Crippen LogP) is 1.35. The molecular formula is C20H24F2N4O5S2. The number of nitrogens with zero attached hydrogens (tertiary/aromatic N) is 3. The van der Waals surface area contributed by atoms with Crippen LogP contribution in [0.2, 0.25) is 0 Å². The fraction of sp³-hybridized carbons (Fsp3) is 0.400. The molecule has 33 heavy (non-hydrogen) atoms. The lowest BCUT2D eigenvalue weighted by Gasteiger charge is -2.34. The molecule has 1 aromatic heterocycles. The van der Waals surface area contributed by atoms with Crippen molar-refractivity contribution in [2.24, 2.45) is 0 Å². The molecule has 13 heteroatoms. The second-order valence-electron chi connectivity index (χ2n) is 7.30. The van der Waals surface area contributed by atoms with E-state index in [9.17, 15) is 30.4 Å². The highest BCUT2D eigenvalue weighted by molar-refractivity contribution is 7.91. The molecule has 0 unspecified atom stereocenters. The number of piperazine rings is 1. The predicted molar refractivity (Wildman–Crippen MR) is 118 cm³/mol. The van der Waals surface area contributed by atoms with Gasteiger partial charge in [0.05, 0.1) is 16.2 Å². The number of nitrogens with one attached hydrogen (secondary N) is 1. The normalized spacial score (nSPS) is 15.5. The van der Waals surface area contributed by atoms with Gasteiger partial charge in [0.15, 0.2) is 0 Å². The molecule has 0 saturated carbocycles. The maximum Gasteiger partial charge on any atom is 0.341 e. The zero-order valence-corrected chi connectivity index (χ0v) is 19.2. The van der Waals surface area contributed by atoms with Crippen molar-refractivity contribution in [3.8, 4) is 0 Å². The van der Waals surface area contributed by atoms with E-state index in [-0.39, 0.29) is 18.7 Å². The van der Waals surface area contributed by atoms with E-state index < -0.39 is 42.0 Å². The van der Waals surface area contributed by atoms with Gasteiger partial charge in [-0.25, -0.2) is 21.8 Å². The van der Waals surface area contributed by atoms with Crippen molar-refractivity contribution in [3.63, 3.8) is 0 Å². The monoisotopic (exact) mass is 502 g/mol. The summed E-state index contributed by atoms with van der Waals surface area (Å²) in [6.07, 6.45) is 1.76. The number of alkyl halides is 2. The van der Waals surface area contributed by atoms with Crippen LogP contribution < -0.4 is 10.2 Å². The molecule has 0 radical (unpaired) electrons. The Kier molecular flexibility index (Phi) is 7.97. The number of pyridine rings is 1. The van der Waals surface area contributed by atoms with E-state index in [2.05, 4.69) is 10.3 Å². The van der Waals surface area contributed by atoms with Gasteiger partial charge in [0.1, 0.15) is 5.82 Å². The highest BCUT2D eigenvalue weighted by atomic mass is 32.2. The maximum absolute atomic E-state index is 12.9. The molecule has 0 spiro atoms. The number of sulfonamides is 1. The lowest BCUT2D eigenvalue weighted by Crippen LogP contribution is -2.49. The van der Waals surface area contributed by atoms with Gasteiger partial charge in [0, 0.05) is 38.9 Å². The molecule has 1 amide bonds. The van der Waals surface area contributed by atoms with Crippen molar-refractivity contribution in [3.05, 3.63) is 54.2 Å². The van der Waals surface area contributed by atoms with Crippen LogP contribution in [-0.4, -0.2) is 76.3 Å². The van der Waals surface area contributed by atoms with Gasteiger partial charge in [0.25, 0.3) is 5.91 Å². The smallest absolute Gasteiger partial charge is 0.341 e. The minimum absolute atomic E-state index is 0.0605. The first-order valence-corrected chi connectivity index (χ1v) is 13.3. The lowest BCUT2D eigenvalue weighted by atomic mass is 10.2. The Labute approximate surface area is 191 Å². The van der Waals surface area contributed by atoms with Gasteiger partial charge in [-0.15, -0.1) is 0 Å². The van der Waals surface area contributed by atoms with Crippen LogP contribution >= 0.6 is 0 Å². The average Bonchev–Trinajstić information content (AvgIpc) is 2.82. The molecule has 2 aromatic rings. The van der Waals surface area contributed by atoms with E-state index in [1.165, 1.54) is 16.4 Å². The molecule has 9 nitrogen and oxygen atoms in total. The second kappa shape index (κ2) is 10.5. The summed E-state index contributed by atoms with van der Waals surface area (Å²) in [6.45, 7) is 1.56. The van der Waals surface area contributed by atoms with Gasteiger partial charge in [0.2, 0.25) is 19.9 Å². The quantitative estimate of drug-likeness (QED) is 0.515. The Balaban J connectivity index is 1.51. The summed E-state index contributed by atoms with van der Waals surface area (Å²) in [4.78, 5) is 17.8. The molecule has 1 fully saturated rings. The largest absolute Gasteiger partial charge is 0.354 e. The minimum atomic E-state index is -4.95. The van der Waals surface area contributed by atoms with Gasteiger partial charge in [-0.1, -0.05) is 18.2 Å². The van der Waals surface area contributed by atoms with Crippen LogP contribution in [0.25, 0.3) is 0 Å². The van der Waals surface area contributed by atoms with Crippen LogP contribution in [0, 0.1) is 0 Å². The lowest BCUT2D eigenvalue weighted by molar-refractivity contribution is 0.0950. The first kappa shape index (κ1) is 25.0. The molecule has 1 aromatic carbocycles. The standard InChI is InChI=1S/C20H24F2N4O5S2/c21-20(22)33(30,31)17-7-2-1-6-16(17)19(27)24-10-5-15-32(28,29)26-13-11-25(12-14-26)18-8-3-4-9-23-18/h1-4,6-9,20H,5,10-15H2,(H,24,27). The van der Waals surface area contributed by atoms with E-state index >= 15 is 0 Å². The van der Waals surface area contributed by atoms with Crippen molar-refractivity contribution in [2.45, 2.75) is 17.1 Å². The van der Waals surface area contributed by atoms with Crippen molar-refractivity contribution >= 4 is 31.6 Å². The number of hydrogen-bond acceptors (Lipinski definition) is 7. The van der Waals surface area contributed by atoms with E-state index in [1.54, 1.807) is 12.3 Å². The number of hydrogen-bond donors (Lipinski definition) is 1. The van der Waals surface area contributed by atoms with Crippen LogP contribution in [-0.2, 0) is 19.9 Å². The first-order chi connectivity index (χ1) is 15.6.